The number of hydrogen-bond donors (Lipinski definition) is 2. The van der Waals surface area contributed by atoms with Gasteiger partial charge in [0.25, 0.3) is 5.91 Å². The predicted octanol–water partition coefficient (Wildman–Crippen LogP) is 3.00. The molecule has 118 valence electrons. The van der Waals surface area contributed by atoms with E-state index in [2.05, 4.69) is 10.3 Å². The number of rotatable bonds is 6. The Bertz CT molecular complexity index is 709. The van der Waals surface area contributed by atoms with Gasteiger partial charge in [-0.1, -0.05) is 18.2 Å². The summed E-state index contributed by atoms with van der Waals surface area (Å²) >= 11 is 0. The molecule has 0 atom stereocenters. The van der Waals surface area contributed by atoms with E-state index in [-0.39, 0.29) is 11.5 Å². The van der Waals surface area contributed by atoms with Gasteiger partial charge in [0.05, 0.1) is 0 Å². The van der Waals surface area contributed by atoms with Gasteiger partial charge in [-0.15, -0.1) is 0 Å². The molecule has 0 bridgehead atoms. The molecular weight excluding hydrogens is 293 g/mol. The molecule has 0 fully saturated rings. The van der Waals surface area contributed by atoms with E-state index in [1.54, 1.807) is 31.5 Å². The van der Waals surface area contributed by atoms with Crippen molar-refractivity contribution in [3.8, 4) is 0 Å². The Kier molecular flexibility index (Phi) is 5.74. The summed E-state index contributed by atoms with van der Waals surface area (Å²) in [4.78, 5) is 15.9. The lowest BCUT2D eigenvalue weighted by molar-refractivity contribution is -0.114. The van der Waals surface area contributed by atoms with Crippen LogP contribution >= 0.6 is 0 Å². The molecule has 0 saturated carbocycles. The summed E-state index contributed by atoms with van der Waals surface area (Å²) in [5.41, 5.74) is 2.41. The molecule has 4 nitrogen and oxygen atoms in total. The third kappa shape index (κ3) is 5.14. The highest BCUT2D eigenvalue weighted by Gasteiger charge is 2.07. The lowest BCUT2D eigenvalue weighted by atomic mass is 10.1. The number of aromatic nitrogens is 1. The van der Waals surface area contributed by atoms with E-state index in [9.17, 15) is 9.18 Å². The van der Waals surface area contributed by atoms with Gasteiger partial charge in [0.2, 0.25) is 0 Å². The fourth-order valence-corrected chi connectivity index (χ4v) is 2.04. The molecule has 0 radical (unpaired) electrons. The first kappa shape index (κ1) is 16.5. The van der Waals surface area contributed by atoms with E-state index in [0.717, 1.165) is 16.7 Å². The average molecular weight is 311 g/mol. The zero-order valence-corrected chi connectivity index (χ0v) is 12.8. The van der Waals surface area contributed by atoms with Crippen molar-refractivity contribution in [2.75, 3.05) is 6.54 Å². The van der Waals surface area contributed by atoms with Gasteiger partial charge >= 0.3 is 0 Å². The third-order valence-electron chi connectivity index (χ3n) is 3.33. The standard InChI is InChI=1S/C18H18FN3O/c1-13(15-4-6-16(19)7-5-15)11-17(20)18(23)22-10-8-14-3-2-9-21-12-14/h2-7,9,11-12,20H,8,10H2,1H3,(H,22,23)/b13-11+,20-17?. The molecule has 0 spiro atoms. The van der Waals surface area contributed by atoms with Gasteiger partial charge < -0.3 is 5.32 Å². The van der Waals surface area contributed by atoms with Crippen LogP contribution in [0.1, 0.15) is 18.1 Å². The molecule has 5 heteroatoms. The van der Waals surface area contributed by atoms with Crippen LogP contribution in [-0.2, 0) is 11.2 Å². The van der Waals surface area contributed by atoms with Gasteiger partial charge in [-0.25, -0.2) is 4.39 Å². The highest BCUT2D eigenvalue weighted by Crippen LogP contribution is 2.14. The molecule has 1 aromatic heterocycles. The summed E-state index contributed by atoms with van der Waals surface area (Å²) in [5.74, 6) is -0.750. The van der Waals surface area contributed by atoms with Crippen molar-refractivity contribution < 1.29 is 9.18 Å². The van der Waals surface area contributed by atoms with Crippen molar-refractivity contribution >= 4 is 17.2 Å². The fourth-order valence-electron chi connectivity index (χ4n) is 2.04. The number of carbonyl (C=O) groups is 1. The summed E-state index contributed by atoms with van der Waals surface area (Å²) < 4.78 is 12.9. The van der Waals surface area contributed by atoms with Crippen LogP contribution in [0.3, 0.4) is 0 Å². The molecule has 2 N–H and O–H groups in total. The van der Waals surface area contributed by atoms with E-state index in [4.69, 9.17) is 5.41 Å². The molecule has 0 aliphatic carbocycles. The van der Waals surface area contributed by atoms with Crippen LogP contribution in [0.5, 0.6) is 0 Å². The Morgan fingerprint density at radius 2 is 2.04 bits per heavy atom. The minimum Gasteiger partial charge on any atom is -0.350 e. The van der Waals surface area contributed by atoms with Gasteiger partial charge in [-0.2, -0.15) is 0 Å². The number of halogens is 1. The Labute approximate surface area is 134 Å². The molecule has 0 aliphatic rings. The minimum absolute atomic E-state index is 0.127. The first-order chi connectivity index (χ1) is 11.1. The van der Waals surface area contributed by atoms with E-state index in [1.165, 1.54) is 18.2 Å². The highest BCUT2D eigenvalue weighted by atomic mass is 19.1. The summed E-state index contributed by atoms with van der Waals surface area (Å²) in [5, 5.41) is 10.5. The summed E-state index contributed by atoms with van der Waals surface area (Å²) in [6.45, 7) is 2.22. The predicted molar refractivity (Wildman–Crippen MR) is 88.7 cm³/mol. The molecule has 0 unspecified atom stereocenters. The largest absolute Gasteiger partial charge is 0.350 e. The Morgan fingerprint density at radius 3 is 2.70 bits per heavy atom. The number of pyridine rings is 1. The van der Waals surface area contributed by atoms with Crippen LogP contribution in [0.4, 0.5) is 4.39 Å². The maximum absolute atomic E-state index is 12.9. The van der Waals surface area contributed by atoms with Crippen molar-refractivity contribution in [2.45, 2.75) is 13.3 Å². The number of nitrogens with one attached hydrogen (secondary N) is 2. The lowest BCUT2D eigenvalue weighted by Gasteiger charge is -2.06. The lowest BCUT2D eigenvalue weighted by Crippen LogP contribution is -2.31. The van der Waals surface area contributed by atoms with Crippen molar-refractivity contribution in [1.82, 2.24) is 10.3 Å². The van der Waals surface area contributed by atoms with Crippen LogP contribution in [0.15, 0.2) is 54.9 Å². The molecule has 1 heterocycles. The molecule has 23 heavy (non-hydrogen) atoms. The van der Waals surface area contributed by atoms with Crippen molar-refractivity contribution in [3.63, 3.8) is 0 Å². The smallest absolute Gasteiger partial charge is 0.269 e. The molecule has 1 amide bonds. The third-order valence-corrected chi connectivity index (χ3v) is 3.33. The number of allylic oxidation sites excluding steroid dienone is 1. The summed E-state index contributed by atoms with van der Waals surface area (Å²) in [6, 6.07) is 9.72. The monoisotopic (exact) mass is 311 g/mol. The average Bonchev–Trinajstić information content (AvgIpc) is 2.56. The molecule has 1 aromatic carbocycles. The number of hydrogen-bond acceptors (Lipinski definition) is 3. The van der Waals surface area contributed by atoms with Gasteiger partial charge in [0.15, 0.2) is 0 Å². The van der Waals surface area contributed by atoms with Crippen LogP contribution in [0.25, 0.3) is 5.57 Å². The van der Waals surface area contributed by atoms with E-state index in [1.807, 2.05) is 12.1 Å². The second kappa shape index (κ2) is 7.98. The minimum atomic E-state index is -0.435. The van der Waals surface area contributed by atoms with Crippen LogP contribution < -0.4 is 5.32 Å². The number of amides is 1. The van der Waals surface area contributed by atoms with Crippen molar-refractivity contribution in [2.24, 2.45) is 0 Å². The second-order valence-electron chi connectivity index (χ2n) is 5.12. The first-order valence-electron chi connectivity index (χ1n) is 7.26. The van der Waals surface area contributed by atoms with Gasteiger partial charge in [0.1, 0.15) is 11.5 Å². The normalized spacial score (nSPS) is 11.1. The Morgan fingerprint density at radius 1 is 1.30 bits per heavy atom. The van der Waals surface area contributed by atoms with Gasteiger partial charge in [-0.3, -0.25) is 15.2 Å². The Balaban J connectivity index is 1.88. The van der Waals surface area contributed by atoms with Gasteiger partial charge in [-0.05, 0) is 54.3 Å². The first-order valence-corrected chi connectivity index (χ1v) is 7.26. The van der Waals surface area contributed by atoms with Crippen molar-refractivity contribution in [1.29, 1.82) is 5.41 Å². The zero-order valence-electron chi connectivity index (χ0n) is 12.8. The molecule has 2 aromatic rings. The van der Waals surface area contributed by atoms with E-state index >= 15 is 0 Å². The number of benzene rings is 1. The molecule has 0 saturated heterocycles. The van der Waals surface area contributed by atoms with Crippen molar-refractivity contribution in [3.05, 3.63) is 71.8 Å². The number of nitrogens with zero attached hydrogens (tertiary/aromatic N) is 1. The van der Waals surface area contributed by atoms with Crippen LogP contribution in [0.2, 0.25) is 0 Å². The number of carbonyl (C=O) groups excluding carboxylic acids is 1. The second-order valence-corrected chi connectivity index (χ2v) is 5.12. The van der Waals surface area contributed by atoms with Crippen LogP contribution in [-0.4, -0.2) is 23.1 Å². The molecule has 0 aliphatic heterocycles. The fraction of sp³-hybridized carbons (Fsp3) is 0.167. The summed E-state index contributed by atoms with van der Waals surface area (Å²) in [6.07, 6.45) is 5.58. The van der Waals surface area contributed by atoms with E-state index in [0.29, 0.717) is 13.0 Å². The Hall–Kier alpha value is -2.82. The molecule has 2 rings (SSSR count). The zero-order chi connectivity index (χ0) is 16.7. The quantitative estimate of drug-likeness (QED) is 0.805. The topological polar surface area (TPSA) is 65.8 Å². The maximum atomic E-state index is 12.9. The summed E-state index contributed by atoms with van der Waals surface area (Å²) in [7, 11) is 0. The highest BCUT2D eigenvalue weighted by molar-refractivity contribution is 6.43. The van der Waals surface area contributed by atoms with E-state index < -0.39 is 5.91 Å². The SMILES string of the molecule is C/C(=C\C(=N)C(=O)NCCc1cccnc1)c1ccc(F)cc1. The maximum Gasteiger partial charge on any atom is 0.269 e. The molecular formula is C18H18FN3O. The van der Waals surface area contributed by atoms with Gasteiger partial charge in [0, 0.05) is 18.9 Å². The van der Waals surface area contributed by atoms with Crippen LogP contribution in [0, 0.1) is 11.2 Å².